The number of terminal acetylenes is 1. The van der Waals surface area contributed by atoms with Crippen LogP contribution >= 0.6 is 0 Å². The topological polar surface area (TPSA) is 67.3 Å². The lowest BCUT2D eigenvalue weighted by molar-refractivity contribution is 0.0874. The Balaban J connectivity index is 1.72. The molecule has 0 radical (unpaired) electrons. The van der Waals surface area contributed by atoms with Crippen LogP contribution in [0.25, 0.3) is 11.3 Å². The molecule has 2 aliphatic rings. The highest BCUT2D eigenvalue weighted by molar-refractivity contribution is 5.73. The lowest BCUT2D eigenvalue weighted by Gasteiger charge is -2.27. The maximum absolute atomic E-state index is 10.4. The zero-order valence-electron chi connectivity index (χ0n) is 14.8. The number of aromatic nitrogens is 2. The van der Waals surface area contributed by atoms with Crippen LogP contribution in [0.15, 0.2) is 18.2 Å². The molecule has 1 fully saturated rings. The van der Waals surface area contributed by atoms with E-state index in [0.29, 0.717) is 23.8 Å². The molecule has 0 spiro atoms. The molecular formula is C21H23N3O2. The van der Waals surface area contributed by atoms with Gasteiger partial charge in [-0.3, -0.25) is 0 Å². The number of fused-ring (bicyclic) bond motifs is 1. The predicted octanol–water partition coefficient (Wildman–Crippen LogP) is 3.30. The third-order valence-corrected chi connectivity index (χ3v) is 5.21. The lowest BCUT2D eigenvalue weighted by atomic mass is 9.88. The van der Waals surface area contributed by atoms with Crippen LogP contribution in [0, 0.1) is 12.3 Å². The highest BCUT2D eigenvalue weighted by Crippen LogP contribution is 2.37. The van der Waals surface area contributed by atoms with Gasteiger partial charge in [-0.05, 0) is 62.3 Å². The second-order valence-corrected chi connectivity index (χ2v) is 7.00. The van der Waals surface area contributed by atoms with Crippen molar-refractivity contribution in [3.63, 3.8) is 0 Å². The number of ether oxygens (including phenoxy) is 1. The second kappa shape index (κ2) is 7.35. The number of hydrogen-bond donors (Lipinski definition) is 2. The van der Waals surface area contributed by atoms with E-state index in [4.69, 9.17) is 11.2 Å². The number of nitrogens with zero attached hydrogens (tertiary/aromatic N) is 2. The van der Waals surface area contributed by atoms with E-state index in [9.17, 15) is 5.11 Å². The van der Waals surface area contributed by atoms with Crippen LogP contribution in [-0.2, 0) is 17.6 Å². The maximum atomic E-state index is 10.4. The molecule has 1 aliphatic carbocycles. The van der Waals surface area contributed by atoms with E-state index in [0.717, 1.165) is 56.6 Å². The molecule has 26 heavy (non-hydrogen) atoms. The molecule has 0 unspecified atom stereocenters. The van der Waals surface area contributed by atoms with Gasteiger partial charge < -0.3 is 15.2 Å². The first-order chi connectivity index (χ1) is 12.8. The van der Waals surface area contributed by atoms with Gasteiger partial charge in [0, 0.05) is 23.3 Å². The summed E-state index contributed by atoms with van der Waals surface area (Å²) in [6, 6.07) is 5.57. The molecule has 2 heterocycles. The van der Waals surface area contributed by atoms with E-state index < -0.39 is 0 Å². The summed E-state index contributed by atoms with van der Waals surface area (Å²) in [5.74, 6) is 3.58. The quantitative estimate of drug-likeness (QED) is 0.832. The van der Waals surface area contributed by atoms with Crippen molar-refractivity contribution in [3.05, 3.63) is 34.9 Å². The van der Waals surface area contributed by atoms with E-state index in [1.165, 1.54) is 11.1 Å². The molecule has 2 N–H and O–H groups in total. The molecule has 0 amide bonds. The van der Waals surface area contributed by atoms with E-state index in [1.807, 2.05) is 12.1 Å². The molecule has 5 heteroatoms. The normalized spacial score (nSPS) is 19.4. The summed E-state index contributed by atoms with van der Waals surface area (Å²) in [5, 5.41) is 22.9. The average Bonchev–Trinajstić information content (AvgIpc) is 2.69. The molecule has 134 valence electrons. The Morgan fingerprint density at radius 3 is 2.73 bits per heavy atom. The molecule has 1 aliphatic heterocycles. The molecular weight excluding hydrogens is 326 g/mol. The summed E-state index contributed by atoms with van der Waals surface area (Å²) in [6.07, 6.45) is 11.8. The van der Waals surface area contributed by atoms with Crippen LogP contribution in [0.5, 0.6) is 5.75 Å². The lowest BCUT2D eigenvalue weighted by Crippen LogP contribution is -2.31. The number of benzene rings is 1. The Kier molecular flexibility index (Phi) is 4.77. The first-order valence-electron chi connectivity index (χ1n) is 9.29. The SMILES string of the molecule is C#Cc1ccc(-c2nnc(N[C@@H]3CCCOC3)c3c2CCCC3)c(O)c1. The number of anilines is 1. The molecule has 5 nitrogen and oxygen atoms in total. The van der Waals surface area contributed by atoms with Gasteiger partial charge in [0.2, 0.25) is 0 Å². The standard InChI is InChI=1S/C21H23N3O2/c1-2-14-9-10-18(19(25)12-14)20-16-7-3-4-8-17(16)21(24-23-20)22-15-6-5-11-26-13-15/h1,9-10,12,15,25H,3-8,11,13H2,(H,22,24)/t15-/m1/s1. The number of phenols is 1. The fraction of sp³-hybridized carbons (Fsp3) is 0.429. The Morgan fingerprint density at radius 2 is 2.00 bits per heavy atom. The van der Waals surface area contributed by atoms with Gasteiger partial charge in [0.25, 0.3) is 0 Å². The number of nitrogens with one attached hydrogen (secondary N) is 1. The molecule has 1 aromatic heterocycles. The highest BCUT2D eigenvalue weighted by Gasteiger charge is 2.24. The summed E-state index contributed by atoms with van der Waals surface area (Å²) in [6.45, 7) is 1.56. The first kappa shape index (κ1) is 16.9. The minimum atomic E-state index is 0.156. The van der Waals surface area contributed by atoms with Gasteiger partial charge in [-0.25, -0.2) is 0 Å². The molecule has 1 saturated heterocycles. The summed E-state index contributed by atoms with van der Waals surface area (Å²) in [5.41, 5.74) is 4.54. The van der Waals surface area contributed by atoms with Gasteiger partial charge in [-0.15, -0.1) is 16.6 Å². The largest absolute Gasteiger partial charge is 0.507 e. The van der Waals surface area contributed by atoms with Crippen LogP contribution in [-0.4, -0.2) is 34.6 Å². The van der Waals surface area contributed by atoms with Crippen LogP contribution in [0.3, 0.4) is 0 Å². The summed E-state index contributed by atoms with van der Waals surface area (Å²) in [7, 11) is 0. The molecule has 4 rings (SSSR count). The van der Waals surface area contributed by atoms with Crippen LogP contribution < -0.4 is 5.32 Å². The summed E-state index contributed by atoms with van der Waals surface area (Å²) < 4.78 is 5.57. The average molecular weight is 349 g/mol. The molecule has 0 bridgehead atoms. The zero-order valence-corrected chi connectivity index (χ0v) is 14.8. The molecule has 2 aromatic rings. The third kappa shape index (κ3) is 3.25. The van der Waals surface area contributed by atoms with Gasteiger partial charge in [0.1, 0.15) is 11.4 Å². The minimum absolute atomic E-state index is 0.156. The monoisotopic (exact) mass is 349 g/mol. The Labute approximate surface area is 153 Å². The van der Waals surface area contributed by atoms with Crippen LogP contribution in [0.2, 0.25) is 0 Å². The van der Waals surface area contributed by atoms with Gasteiger partial charge in [-0.1, -0.05) is 5.92 Å². The number of hydrogen-bond acceptors (Lipinski definition) is 5. The fourth-order valence-corrected chi connectivity index (χ4v) is 3.85. The van der Waals surface area contributed by atoms with Crippen LogP contribution in [0.4, 0.5) is 5.82 Å². The van der Waals surface area contributed by atoms with Crippen molar-refractivity contribution in [3.8, 4) is 29.4 Å². The Bertz CT molecular complexity index is 851. The van der Waals surface area contributed by atoms with Gasteiger partial charge in [0.15, 0.2) is 5.82 Å². The van der Waals surface area contributed by atoms with Crippen molar-refractivity contribution < 1.29 is 9.84 Å². The number of phenolic OH excluding ortho intramolecular Hbond substituents is 1. The third-order valence-electron chi connectivity index (χ3n) is 5.21. The number of aromatic hydroxyl groups is 1. The zero-order chi connectivity index (χ0) is 17.9. The van der Waals surface area contributed by atoms with E-state index in [1.54, 1.807) is 6.07 Å². The Morgan fingerprint density at radius 1 is 1.15 bits per heavy atom. The predicted molar refractivity (Wildman–Crippen MR) is 101 cm³/mol. The highest BCUT2D eigenvalue weighted by atomic mass is 16.5. The van der Waals surface area contributed by atoms with Gasteiger partial charge >= 0.3 is 0 Å². The van der Waals surface area contributed by atoms with Crippen molar-refractivity contribution in [2.24, 2.45) is 0 Å². The van der Waals surface area contributed by atoms with Crippen LogP contribution in [0.1, 0.15) is 42.4 Å². The van der Waals surface area contributed by atoms with E-state index >= 15 is 0 Å². The summed E-state index contributed by atoms with van der Waals surface area (Å²) >= 11 is 0. The van der Waals surface area contributed by atoms with Crippen molar-refractivity contribution in [2.75, 3.05) is 18.5 Å². The first-order valence-corrected chi connectivity index (χ1v) is 9.29. The maximum Gasteiger partial charge on any atom is 0.152 e. The number of rotatable bonds is 3. The summed E-state index contributed by atoms with van der Waals surface area (Å²) in [4.78, 5) is 0. The Hall–Kier alpha value is -2.58. The van der Waals surface area contributed by atoms with Crippen molar-refractivity contribution >= 4 is 5.82 Å². The van der Waals surface area contributed by atoms with Crippen molar-refractivity contribution in [2.45, 2.75) is 44.6 Å². The molecule has 1 atom stereocenters. The van der Waals surface area contributed by atoms with Gasteiger partial charge in [0.05, 0.1) is 12.6 Å². The fourth-order valence-electron chi connectivity index (χ4n) is 3.85. The van der Waals surface area contributed by atoms with Gasteiger partial charge in [-0.2, -0.15) is 0 Å². The van der Waals surface area contributed by atoms with E-state index in [-0.39, 0.29) is 5.75 Å². The molecule has 0 saturated carbocycles. The smallest absolute Gasteiger partial charge is 0.152 e. The van der Waals surface area contributed by atoms with Crippen molar-refractivity contribution in [1.82, 2.24) is 10.2 Å². The molecule has 1 aromatic carbocycles. The van der Waals surface area contributed by atoms with E-state index in [2.05, 4.69) is 21.4 Å². The second-order valence-electron chi connectivity index (χ2n) is 7.00. The minimum Gasteiger partial charge on any atom is -0.507 e. The van der Waals surface area contributed by atoms with Crippen molar-refractivity contribution in [1.29, 1.82) is 0 Å².